The number of likely N-dealkylation sites (tertiary alicyclic amines) is 3. The molecule has 5 saturated heterocycles. The number of hydrogen-bond donors (Lipinski definition) is 6. The molecule has 3 saturated carbocycles. The first-order valence-electron chi connectivity index (χ1n) is 40.7. The second-order valence-corrected chi connectivity index (χ2v) is 32.7. The lowest BCUT2D eigenvalue weighted by Crippen LogP contribution is -2.32. The van der Waals surface area contributed by atoms with Gasteiger partial charge in [-0.1, -0.05) is 115 Å². The molecule has 19 heteroatoms. The zero-order valence-corrected chi connectivity index (χ0v) is 66.3. The quantitative estimate of drug-likeness (QED) is 0.0284. The minimum Gasteiger partial charge on any atom is -0.497 e. The van der Waals surface area contributed by atoms with Gasteiger partial charge in [-0.15, -0.1) is 0 Å². The van der Waals surface area contributed by atoms with Gasteiger partial charge in [-0.3, -0.25) is 24.4 Å². The molecule has 16 rings (SSSR count). The van der Waals surface area contributed by atoms with Crippen molar-refractivity contribution >= 4 is 23.2 Å². The van der Waals surface area contributed by atoms with Crippen LogP contribution in [-0.2, 0) is 32.7 Å². The van der Waals surface area contributed by atoms with Gasteiger partial charge in [0, 0.05) is 120 Å². The zero-order valence-electron chi connectivity index (χ0n) is 66.3. The molecular formula is C89H126N16O3. The van der Waals surface area contributed by atoms with Crippen molar-refractivity contribution in [1.29, 1.82) is 0 Å². The van der Waals surface area contributed by atoms with E-state index in [0.717, 1.165) is 148 Å². The summed E-state index contributed by atoms with van der Waals surface area (Å²) < 4.78 is 12.4. The van der Waals surface area contributed by atoms with E-state index in [-0.39, 0.29) is 11.6 Å². The van der Waals surface area contributed by atoms with Crippen molar-refractivity contribution < 1.29 is 14.3 Å². The summed E-state index contributed by atoms with van der Waals surface area (Å²) in [4.78, 5) is 43.3. The van der Waals surface area contributed by atoms with E-state index in [1.165, 1.54) is 125 Å². The first kappa shape index (κ1) is 79.8. The van der Waals surface area contributed by atoms with Crippen molar-refractivity contribution in [1.82, 2.24) is 65.2 Å². The molecule has 5 aromatic carbocycles. The molecule has 8 aromatic rings. The van der Waals surface area contributed by atoms with E-state index >= 15 is 0 Å². The molecule has 7 N–H and O–H groups in total. The minimum atomic E-state index is -0.330. The molecule has 10 atom stereocenters. The van der Waals surface area contributed by atoms with Crippen LogP contribution in [0.15, 0.2) is 164 Å². The molecule has 3 aromatic heterocycles. The number of rotatable bonds is 27. The van der Waals surface area contributed by atoms with Crippen LogP contribution in [0.2, 0.25) is 0 Å². The number of hydrogen-bond acceptors (Lipinski definition) is 17. The molecule has 8 aliphatic rings. The van der Waals surface area contributed by atoms with Crippen LogP contribution in [0, 0.1) is 43.4 Å². The van der Waals surface area contributed by atoms with Crippen molar-refractivity contribution in [2.75, 3.05) is 89.9 Å². The van der Waals surface area contributed by atoms with Crippen LogP contribution in [-0.4, -0.2) is 178 Å². The number of benzene rings is 5. The van der Waals surface area contributed by atoms with E-state index in [0.29, 0.717) is 41.8 Å². The standard InChI is InChI=1S/C24H32N2O.C22H28N8O.C21H28N2O.C13H20N2.C9H18N2/c1-19-14-22(17-25(19)15-20-6-4-3-5-7-20)18-26(23-10-11-23)16-21-8-12-24(27-2)13-9-21;1-13-10-29-12-19(27-15(3)21(29)26-13)28-22(31)18-8-25-20(9-24-18)30-11-16(6-14(30)2)7-23-17-4-5-17;1-17-12-20(16-23(17)15-19-6-4-3-5-7-19)14-22-13-18-8-10-21(24-2)11-9-18;1-11-7-13(8-14)10-15(11)9-12-5-3-2-4-6-12;1-7-4-8(5-10-7)6-11-9-2-3-9/h3-9,12-13,19,22-23H,10-11,14-18H2,1-2H3;8-10,12,14,16-17,23H,4-7,11H2,1-3H3,(H,28,31);3-11,17,20,22H,12-16H2,1-2H3;2-6,11,13H,7-10,14H2,1H3;7-11H,2-6H2,1H3. The van der Waals surface area contributed by atoms with E-state index in [1.54, 1.807) is 32.8 Å². The van der Waals surface area contributed by atoms with E-state index in [4.69, 9.17) is 15.2 Å². The molecule has 108 heavy (non-hydrogen) atoms. The van der Waals surface area contributed by atoms with Crippen LogP contribution in [0.3, 0.4) is 0 Å². The van der Waals surface area contributed by atoms with Crippen LogP contribution in [0.1, 0.15) is 155 Å². The lowest BCUT2D eigenvalue weighted by molar-refractivity contribution is 0.102. The fourth-order valence-electron chi connectivity index (χ4n) is 16.6. The zero-order chi connectivity index (χ0) is 75.3. The molecular weight excluding hydrogens is 1340 g/mol. The molecule has 0 radical (unpaired) electrons. The molecule has 0 bridgehead atoms. The maximum absolute atomic E-state index is 12.7. The first-order valence-corrected chi connectivity index (χ1v) is 40.7. The van der Waals surface area contributed by atoms with Gasteiger partial charge in [-0.2, -0.15) is 0 Å². The van der Waals surface area contributed by atoms with E-state index in [9.17, 15) is 4.79 Å². The molecule has 5 aliphatic heterocycles. The predicted octanol–water partition coefficient (Wildman–Crippen LogP) is 13.2. The minimum absolute atomic E-state index is 0.268. The van der Waals surface area contributed by atoms with Gasteiger partial charge in [0.25, 0.3) is 5.91 Å². The highest BCUT2D eigenvalue weighted by atomic mass is 16.5. The Morgan fingerprint density at radius 1 is 0.546 bits per heavy atom. The summed E-state index contributed by atoms with van der Waals surface area (Å²) in [5.74, 6) is 6.54. The molecule has 1 amide bonds. The maximum atomic E-state index is 12.7. The number of imidazole rings is 1. The Kier molecular flexibility index (Phi) is 29.4. The Morgan fingerprint density at radius 2 is 1.06 bits per heavy atom. The van der Waals surface area contributed by atoms with E-state index < -0.39 is 0 Å². The number of aromatic nitrogens is 5. The second kappa shape index (κ2) is 39.8. The van der Waals surface area contributed by atoms with Crippen molar-refractivity contribution in [3.8, 4) is 11.5 Å². The average Bonchev–Trinajstić information content (AvgIpc) is 1.52. The van der Waals surface area contributed by atoms with Crippen LogP contribution in [0.5, 0.6) is 11.5 Å². The molecule has 8 heterocycles. The summed E-state index contributed by atoms with van der Waals surface area (Å²) >= 11 is 0. The summed E-state index contributed by atoms with van der Waals surface area (Å²) in [6.07, 6.45) is 21.4. The first-order chi connectivity index (χ1) is 52.5. The number of nitrogens with two attached hydrogens (primary N) is 1. The third-order valence-electron chi connectivity index (χ3n) is 23.2. The van der Waals surface area contributed by atoms with Gasteiger partial charge in [-0.05, 0) is 233 Å². The fraction of sp³-hybridized carbons (Fsp3) is 0.539. The number of nitrogens with one attached hydrogen (secondary N) is 5. The Hall–Kier alpha value is -7.69. The number of fused-ring (bicyclic) bond motifs is 1. The number of carbonyl (C=O) groups is 1. The molecule has 19 nitrogen and oxygen atoms in total. The van der Waals surface area contributed by atoms with Crippen LogP contribution in [0.25, 0.3) is 5.65 Å². The normalized spacial score (nSPS) is 24.1. The van der Waals surface area contributed by atoms with Crippen molar-refractivity contribution in [3.05, 3.63) is 209 Å². The van der Waals surface area contributed by atoms with Gasteiger partial charge in [0.1, 0.15) is 28.8 Å². The van der Waals surface area contributed by atoms with Gasteiger partial charge in [0.15, 0.2) is 5.65 Å². The highest BCUT2D eigenvalue weighted by molar-refractivity contribution is 6.02. The van der Waals surface area contributed by atoms with Crippen molar-refractivity contribution in [2.45, 2.75) is 200 Å². The number of amides is 1. The van der Waals surface area contributed by atoms with Gasteiger partial charge in [0.05, 0.1) is 44.2 Å². The Labute approximate surface area is 645 Å². The third-order valence-corrected chi connectivity index (χ3v) is 23.2. The number of methoxy groups -OCH3 is 2. The number of nitrogens with zero attached hydrogens (tertiary/aromatic N) is 10. The number of ether oxygens (including phenoxy) is 2. The monoisotopic (exact) mass is 1470 g/mol. The average molecular weight is 1470 g/mol. The van der Waals surface area contributed by atoms with Gasteiger partial charge < -0.3 is 51.1 Å². The SMILES string of the molecule is CC1CC(CN)CN1Cc1ccccc1.CC1CC(CNC2CC2)CN1.COc1ccc(CN(CC2CC(C)N(Cc3ccccc3)C2)C2CC2)cc1.COc1ccc(CNCC2CC(C)N(Cc3ccccc3)C2)cc1.Cc1cn2cc(NC(=O)c3cnc(N4CC(CNC5CC5)CC4C)cn3)nc(C)c2n1. The molecule has 3 aliphatic carbocycles. The summed E-state index contributed by atoms with van der Waals surface area (Å²) in [5.41, 5.74) is 15.4. The predicted molar refractivity (Wildman–Crippen MR) is 438 cm³/mol. The maximum Gasteiger partial charge on any atom is 0.277 e. The van der Waals surface area contributed by atoms with Crippen LogP contribution in [0.4, 0.5) is 11.6 Å². The van der Waals surface area contributed by atoms with Gasteiger partial charge in [0.2, 0.25) is 0 Å². The van der Waals surface area contributed by atoms with Crippen molar-refractivity contribution in [3.63, 3.8) is 0 Å². The topological polar surface area (TPSA) is 194 Å². The molecule has 10 unspecified atom stereocenters. The van der Waals surface area contributed by atoms with Gasteiger partial charge >= 0.3 is 0 Å². The highest BCUT2D eigenvalue weighted by Crippen LogP contribution is 2.34. The highest BCUT2D eigenvalue weighted by Gasteiger charge is 2.37. The summed E-state index contributed by atoms with van der Waals surface area (Å²) in [7, 11) is 3.43. The van der Waals surface area contributed by atoms with Crippen molar-refractivity contribution in [2.24, 2.45) is 35.3 Å². The third kappa shape index (κ3) is 24.7. The smallest absolute Gasteiger partial charge is 0.277 e. The van der Waals surface area contributed by atoms with Crippen LogP contribution < -0.4 is 46.7 Å². The fourth-order valence-corrected chi connectivity index (χ4v) is 16.6. The Balaban J connectivity index is 0.000000131. The van der Waals surface area contributed by atoms with E-state index in [2.05, 4.69) is 233 Å². The lowest BCUT2D eigenvalue weighted by atomic mass is 10.0. The summed E-state index contributed by atoms with van der Waals surface area (Å²) in [6.45, 7) is 31.8. The number of anilines is 2. The summed E-state index contributed by atoms with van der Waals surface area (Å²) in [6, 6.07) is 54.9. The number of carbonyl (C=O) groups excluding carboxylic acids is 1. The number of aryl methyl sites for hydroxylation is 2. The molecule has 8 fully saturated rings. The molecule has 0 spiro atoms. The lowest BCUT2D eigenvalue weighted by Gasteiger charge is -2.26. The van der Waals surface area contributed by atoms with Gasteiger partial charge in [-0.25, -0.2) is 19.9 Å². The summed E-state index contributed by atoms with van der Waals surface area (Å²) in [5, 5.41) is 17.1. The Morgan fingerprint density at radius 3 is 1.57 bits per heavy atom. The van der Waals surface area contributed by atoms with E-state index in [1.807, 2.05) is 36.6 Å². The Bertz CT molecular complexity index is 3950. The second-order valence-electron chi connectivity index (χ2n) is 32.7. The largest absolute Gasteiger partial charge is 0.497 e. The van der Waals surface area contributed by atoms with Crippen LogP contribution >= 0.6 is 0 Å². The molecule has 580 valence electrons.